The number of para-hydroxylation sites is 1. The zero-order valence-corrected chi connectivity index (χ0v) is 14.4. The molecule has 0 aliphatic carbocycles. The molecular weight excluding hydrogens is 326 g/mol. The maximum absolute atomic E-state index is 13.0. The Balaban J connectivity index is 2.06. The van der Waals surface area contributed by atoms with Gasteiger partial charge in [0.2, 0.25) is 10.0 Å². The maximum Gasteiger partial charge on any atom is 0.244 e. The molecule has 0 radical (unpaired) electrons. The summed E-state index contributed by atoms with van der Waals surface area (Å²) in [6.07, 6.45) is 0.158. The molecule has 0 unspecified atom stereocenters. The molecule has 0 aromatic heterocycles. The third-order valence-corrected chi connectivity index (χ3v) is 6.14. The fourth-order valence-corrected chi connectivity index (χ4v) is 4.96. The van der Waals surface area contributed by atoms with E-state index in [1.54, 1.807) is 37.4 Å². The van der Waals surface area contributed by atoms with Crippen molar-refractivity contribution in [2.45, 2.75) is 30.8 Å². The van der Waals surface area contributed by atoms with Gasteiger partial charge in [-0.3, -0.25) is 4.79 Å². The first kappa shape index (κ1) is 16.7. The predicted molar refractivity (Wildman–Crippen MR) is 90.2 cm³/mol. The average molecular weight is 345 g/mol. The molecule has 0 spiro atoms. The molecule has 1 atom stereocenters. The normalized spacial score (nSPS) is 19.0. The van der Waals surface area contributed by atoms with Crippen molar-refractivity contribution in [3.05, 3.63) is 59.7 Å². The van der Waals surface area contributed by atoms with Gasteiger partial charge in [-0.1, -0.05) is 36.4 Å². The van der Waals surface area contributed by atoms with Crippen LogP contribution in [0.15, 0.2) is 53.4 Å². The Morgan fingerprint density at radius 2 is 1.79 bits per heavy atom. The third kappa shape index (κ3) is 2.83. The van der Waals surface area contributed by atoms with E-state index in [1.807, 2.05) is 18.2 Å². The van der Waals surface area contributed by atoms with Gasteiger partial charge in [0.1, 0.15) is 11.5 Å². The lowest BCUT2D eigenvalue weighted by Crippen LogP contribution is -2.29. The number of ether oxygens (including phenoxy) is 1. The first-order valence-corrected chi connectivity index (χ1v) is 9.11. The highest BCUT2D eigenvalue weighted by Gasteiger charge is 2.42. The van der Waals surface area contributed by atoms with Gasteiger partial charge < -0.3 is 4.74 Å². The van der Waals surface area contributed by atoms with E-state index in [4.69, 9.17) is 4.74 Å². The summed E-state index contributed by atoms with van der Waals surface area (Å²) < 4.78 is 32.6. The number of sulfonamides is 1. The second-order valence-corrected chi connectivity index (χ2v) is 7.68. The number of Topliss-reactive ketones (excluding diaryl/α,β-unsaturated/α-hetero) is 1. The molecule has 126 valence electrons. The number of benzene rings is 2. The molecule has 2 aromatic carbocycles. The highest BCUT2D eigenvalue weighted by Crippen LogP contribution is 2.42. The predicted octanol–water partition coefficient (Wildman–Crippen LogP) is 2.92. The standard InChI is InChI=1S/C18H19NO4S/c1-13(20)11-16-15-8-4-6-10-18(15)24(21,22)19(16)12-14-7-3-5-9-17(14)23-2/h3-10,16H,11-12H2,1-2H3/t16-/m0/s1. The first-order chi connectivity index (χ1) is 11.4. The van der Waals surface area contributed by atoms with Crippen LogP contribution in [0.2, 0.25) is 0 Å². The second-order valence-electron chi connectivity index (χ2n) is 5.82. The number of hydrogen-bond donors (Lipinski definition) is 0. The molecular formula is C18H19NO4S. The number of rotatable bonds is 5. The van der Waals surface area contributed by atoms with E-state index in [2.05, 4.69) is 0 Å². The molecule has 3 rings (SSSR count). The van der Waals surface area contributed by atoms with Crippen molar-refractivity contribution in [3.8, 4) is 5.75 Å². The van der Waals surface area contributed by atoms with Gasteiger partial charge in [-0.2, -0.15) is 4.31 Å². The Morgan fingerprint density at radius 3 is 2.50 bits per heavy atom. The molecule has 2 aromatic rings. The second kappa shape index (κ2) is 6.37. The number of carbonyl (C=O) groups is 1. The van der Waals surface area contributed by atoms with Crippen LogP contribution in [0, 0.1) is 0 Å². The molecule has 24 heavy (non-hydrogen) atoms. The fourth-order valence-electron chi connectivity index (χ4n) is 3.12. The minimum Gasteiger partial charge on any atom is -0.496 e. The van der Waals surface area contributed by atoms with Gasteiger partial charge in [0.25, 0.3) is 0 Å². The van der Waals surface area contributed by atoms with Crippen LogP contribution >= 0.6 is 0 Å². The first-order valence-electron chi connectivity index (χ1n) is 7.67. The van der Waals surface area contributed by atoms with Gasteiger partial charge in [0.15, 0.2) is 0 Å². The summed E-state index contributed by atoms with van der Waals surface area (Å²) in [6, 6.07) is 13.7. The molecule has 1 heterocycles. The largest absolute Gasteiger partial charge is 0.496 e. The minimum atomic E-state index is -3.64. The number of fused-ring (bicyclic) bond motifs is 1. The third-order valence-electron chi connectivity index (χ3n) is 4.21. The Bertz CT molecular complexity index is 876. The van der Waals surface area contributed by atoms with Crippen LogP contribution in [0.3, 0.4) is 0 Å². The molecule has 0 fully saturated rings. The number of ketones is 1. The van der Waals surface area contributed by atoms with Gasteiger partial charge in [-0.05, 0) is 24.6 Å². The summed E-state index contributed by atoms with van der Waals surface area (Å²) in [5.41, 5.74) is 1.45. The van der Waals surface area contributed by atoms with E-state index in [9.17, 15) is 13.2 Å². The van der Waals surface area contributed by atoms with Crippen LogP contribution in [-0.4, -0.2) is 25.6 Å². The lowest BCUT2D eigenvalue weighted by Gasteiger charge is -2.23. The van der Waals surface area contributed by atoms with Crippen molar-refractivity contribution < 1.29 is 17.9 Å². The van der Waals surface area contributed by atoms with Crippen LogP contribution in [-0.2, 0) is 21.4 Å². The number of methoxy groups -OCH3 is 1. The lowest BCUT2D eigenvalue weighted by molar-refractivity contribution is -0.117. The molecule has 0 bridgehead atoms. The van der Waals surface area contributed by atoms with Crippen molar-refractivity contribution in [1.82, 2.24) is 4.31 Å². The van der Waals surface area contributed by atoms with E-state index < -0.39 is 16.1 Å². The van der Waals surface area contributed by atoms with Gasteiger partial charge in [-0.15, -0.1) is 0 Å². The topological polar surface area (TPSA) is 63.7 Å². The van der Waals surface area contributed by atoms with E-state index in [1.165, 1.54) is 11.2 Å². The number of nitrogens with zero attached hydrogens (tertiary/aromatic N) is 1. The Morgan fingerprint density at radius 1 is 1.12 bits per heavy atom. The van der Waals surface area contributed by atoms with Crippen LogP contribution in [0.25, 0.3) is 0 Å². The van der Waals surface area contributed by atoms with Crippen molar-refractivity contribution in [2.24, 2.45) is 0 Å². The molecule has 6 heteroatoms. The van der Waals surface area contributed by atoms with Gasteiger partial charge >= 0.3 is 0 Å². The van der Waals surface area contributed by atoms with E-state index >= 15 is 0 Å². The molecule has 1 aliphatic rings. The van der Waals surface area contributed by atoms with Crippen molar-refractivity contribution in [1.29, 1.82) is 0 Å². The summed E-state index contributed by atoms with van der Waals surface area (Å²) in [4.78, 5) is 12.0. The summed E-state index contributed by atoms with van der Waals surface area (Å²) in [7, 11) is -2.08. The Hall–Kier alpha value is -2.18. The Labute approximate surface area is 141 Å². The quantitative estimate of drug-likeness (QED) is 0.836. The maximum atomic E-state index is 13.0. The Kier molecular flexibility index (Phi) is 4.43. The molecule has 5 nitrogen and oxygen atoms in total. The van der Waals surface area contributed by atoms with Crippen LogP contribution in [0.1, 0.15) is 30.5 Å². The minimum absolute atomic E-state index is 0.0445. The van der Waals surface area contributed by atoms with E-state index in [-0.39, 0.29) is 23.6 Å². The molecule has 0 saturated carbocycles. The van der Waals surface area contributed by atoms with Crippen molar-refractivity contribution >= 4 is 15.8 Å². The number of carbonyl (C=O) groups excluding carboxylic acids is 1. The monoisotopic (exact) mass is 345 g/mol. The average Bonchev–Trinajstić information content (AvgIpc) is 2.77. The van der Waals surface area contributed by atoms with Gasteiger partial charge in [0, 0.05) is 18.5 Å². The molecule has 0 N–H and O–H groups in total. The summed E-state index contributed by atoms with van der Waals surface area (Å²) in [5.74, 6) is 0.585. The fraction of sp³-hybridized carbons (Fsp3) is 0.278. The SMILES string of the molecule is COc1ccccc1CN1[C@@H](CC(C)=O)c2ccccc2S1(=O)=O. The van der Waals surface area contributed by atoms with Crippen LogP contribution < -0.4 is 4.74 Å². The zero-order valence-electron chi connectivity index (χ0n) is 13.6. The lowest BCUT2D eigenvalue weighted by atomic mass is 10.0. The molecule has 1 aliphatic heterocycles. The van der Waals surface area contributed by atoms with Gasteiger partial charge in [0.05, 0.1) is 18.0 Å². The summed E-state index contributed by atoms with van der Waals surface area (Å²) >= 11 is 0. The summed E-state index contributed by atoms with van der Waals surface area (Å²) in [5, 5.41) is 0. The van der Waals surface area contributed by atoms with Crippen LogP contribution in [0.4, 0.5) is 0 Å². The van der Waals surface area contributed by atoms with Crippen LogP contribution in [0.5, 0.6) is 5.75 Å². The highest BCUT2D eigenvalue weighted by atomic mass is 32.2. The highest BCUT2D eigenvalue weighted by molar-refractivity contribution is 7.89. The van der Waals surface area contributed by atoms with Crippen molar-refractivity contribution in [2.75, 3.05) is 7.11 Å². The van der Waals surface area contributed by atoms with Gasteiger partial charge in [-0.25, -0.2) is 8.42 Å². The molecule has 0 amide bonds. The van der Waals surface area contributed by atoms with E-state index in [0.29, 0.717) is 11.3 Å². The molecule has 0 saturated heterocycles. The number of hydrogen-bond acceptors (Lipinski definition) is 4. The smallest absolute Gasteiger partial charge is 0.244 e. The van der Waals surface area contributed by atoms with E-state index in [0.717, 1.165) is 5.56 Å². The summed E-state index contributed by atoms with van der Waals surface area (Å²) in [6.45, 7) is 1.65. The van der Waals surface area contributed by atoms with Crippen molar-refractivity contribution in [3.63, 3.8) is 0 Å². The zero-order chi connectivity index (χ0) is 17.3.